The first-order chi connectivity index (χ1) is 8.77. The molecule has 0 heterocycles. The van der Waals surface area contributed by atoms with Gasteiger partial charge in [-0.05, 0) is 31.4 Å². The van der Waals surface area contributed by atoms with Crippen molar-refractivity contribution in [3.05, 3.63) is 28.8 Å². The van der Waals surface area contributed by atoms with Crippen LogP contribution in [0.4, 0.5) is 0 Å². The van der Waals surface area contributed by atoms with E-state index in [4.69, 9.17) is 16.7 Å². The van der Waals surface area contributed by atoms with Gasteiger partial charge in [0.05, 0.1) is 15.5 Å². The average Bonchev–Trinajstić information content (AvgIpc) is 2.27. The number of aromatic carboxylic acids is 1. The first kappa shape index (κ1) is 16.3. The second-order valence-electron chi connectivity index (χ2n) is 3.92. The highest BCUT2D eigenvalue weighted by Gasteiger charge is 2.19. The molecule has 0 aliphatic rings. The average molecular weight is 324 g/mol. The number of carbonyl (C=O) groups is 1. The Balaban J connectivity index is 3.03. The topological polar surface area (TPSA) is 83.5 Å². The lowest BCUT2D eigenvalue weighted by Gasteiger charge is -2.13. The maximum atomic E-state index is 12.0. The van der Waals surface area contributed by atoms with E-state index in [-0.39, 0.29) is 21.5 Å². The number of carboxylic acids is 1. The molecule has 106 valence electrons. The Labute approximate surface area is 121 Å². The van der Waals surface area contributed by atoms with E-state index in [9.17, 15) is 13.2 Å². The van der Waals surface area contributed by atoms with Crippen LogP contribution >= 0.6 is 23.4 Å². The van der Waals surface area contributed by atoms with E-state index in [1.54, 1.807) is 6.92 Å². The molecular formula is C11H14ClNO4S2. The van der Waals surface area contributed by atoms with E-state index in [1.165, 1.54) is 23.9 Å². The molecule has 2 N–H and O–H groups in total. The Kier molecular flexibility index (Phi) is 5.66. The summed E-state index contributed by atoms with van der Waals surface area (Å²) >= 11 is 7.28. The summed E-state index contributed by atoms with van der Waals surface area (Å²) in [5, 5.41) is 8.72. The Morgan fingerprint density at radius 2 is 2.16 bits per heavy atom. The van der Waals surface area contributed by atoms with Gasteiger partial charge in [0, 0.05) is 11.8 Å². The van der Waals surface area contributed by atoms with Crippen molar-refractivity contribution >= 4 is 39.4 Å². The molecule has 0 amide bonds. The molecule has 0 aliphatic carbocycles. The minimum absolute atomic E-state index is 0.0459. The van der Waals surface area contributed by atoms with Crippen molar-refractivity contribution < 1.29 is 18.3 Å². The van der Waals surface area contributed by atoms with Gasteiger partial charge in [0.2, 0.25) is 10.0 Å². The molecule has 19 heavy (non-hydrogen) atoms. The zero-order chi connectivity index (χ0) is 14.6. The third-order valence-corrected chi connectivity index (χ3v) is 4.99. The van der Waals surface area contributed by atoms with E-state index in [2.05, 4.69) is 4.72 Å². The van der Waals surface area contributed by atoms with E-state index < -0.39 is 16.0 Å². The molecule has 0 aromatic heterocycles. The number of halogens is 1. The minimum Gasteiger partial charge on any atom is -0.478 e. The molecule has 1 aromatic carbocycles. The summed E-state index contributed by atoms with van der Waals surface area (Å²) in [6.45, 7) is 1.75. The summed E-state index contributed by atoms with van der Waals surface area (Å²) in [7, 11) is -3.69. The Morgan fingerprint density at radius 3 is 2.63 bits per heavy atom. The van der Waals surface area contributed by atoms with Gasteiger partial charge in [0.15, 0.2) is 0 Å². The van der Waals surface area contributed by atoms with Crippen LogP contribution in [0.2, 0.25) is 5.02 Å². The number of hydrogen-bond donors (Lipinski definition) is 2. The van der Waals surface area contributed by atoms with Gasteiger partial charge in [0.1, 0.15) is 0 Å². The van der Waals surface area contributed by atoms with Crippen LogP contribution in [0.1, 0.15) is 17.3 Å². The Morgan fingerprint density at radius 1 is 1.53 bits per heavy atom. The lowest BCUT2D eigenvalue weighted by Crippen LogP contribution is -2.34. The smallest absolute Gasteiger partial charge is 0.337 e. The van der Waals surface area contributed by atoms with Crippen LogP contribution in [0.25, 0.3) is 0 Å². The number of hydrogen-bond acceptors (Lipinski definition) is 4. The highest BCUT2D eigenvalue weighted by molar-refractivity contribution is 7.98. The predicted molar refractivity (Wildman–Crippen MR) is 76.6 cm³/mol. The quantitative estimate of drug-likeness (QED) is 0.837. The Hall–Kier alpha value is -0.760. The SMILES string of the molecule is CSCC(C)NS(=O)(=O)c1ccc(C(=O)O)c(Cl)c1. The molecule has 0 fully saturated rings. The van der Waals surface area contributed by atoms with Gasteiger partial charge in [-0.2, -0.15) is 11.8 Å². The van der Waals surface area contributed by atoms with E-state index in [0.29, 0.717) is 5.75 Å². The normalized spacial score (nSPS) is 13.2. The molecule has 1 unspecified atom stereocenters. The highest BCUT2D eigenvalue weighted by Crippen LogP contribution is 2.21. The first-order valence-electron chi connectivity index (χ1n) is 5.32. The zero-order valence-electron chi connectivity index (χ0n) is 10.4. The van der Waals surface area contributed by atoms with Gasteiger partial charge in [-0.25, -0.2) is 17.9 Å². The van der Waals surface area contributed by atoms with Crippen molar-refractivity contribution in [1.29, 1.82) is 0 Å². The number of thioether (sulfide) groups is 1. The third kappa shape index (κ3) is 4.38. The third-order valence-electron chi connectivity index (χ3n) is 2.25. The maximum absolute atomic E-state index is 12.0. The van der Waals surface area contributed by atoms with Crippen LogP contribution in [0, 0.1) is 0 Å². The van der Waals surface area contributed by atoms with Crippen LogP contribution in [-0.4, -0.2) is 37.5 Å². The molecule has 1 rings (SSSR count). The standard InChI is InChI=1S/C11H14ClNO4S2/c1-7(6-18-2)13-19(16,17)8-3-4-9(11(14)15)10(12)5-8/h3-5,7,13H,6H2,1-2H3,(H,14,15). The van der Waals surface area contributed by atoms with Crippen molar-refractivity contribution in [2.75, 3.05) is 12.0 Å². The second kappa shape index (κ2) is 6.60. The molecular weight excluding hydrogens is 310 g/mol. The monoisotopic (exact) mass is 323 g/mol. The van der Waals surface area contributed by atoms with Gasteiger partial charge >= 0.3 is 5.97 Å². The number of carboxylic acid groups (broad SMARTS) is 1. The van der Waals surface area contributed by atoms with Crippen molar-refractivity contribution in [3.8, 4) is 0 Å². The largest absolute Gasteiger partial charge is 0.478 e. The van der Waals surface area contributed by atoms with Crippen LogP contribution in [-0.2, 0) is 10.0 Å². The fourth-order valence-corrected chi connectivity index (χ4v) is 3.74. The summed E-state index contributed by atoms with van der Waals surface area (Å²) in [4.78, 5) is 10.7. The van der Waals surface area contributed by atoms with Crippen LogP contribution in [0.15, 0.2) is 23.1 Å². The number of sulfonamides is 1. The molecule has 0 radical (unpaired) electrons. The van der Waals surface area contributed by atoms with Crippen LogP contribution < -0.4 is 4.72 Å². The predicted octanol–water partition coefficient (Wildman–Crippen LogP) is 2.07. The van der Waals surface area contributed by atoms with Crippen LogP contribution in [0.5, 0.6) is 0 Å². The molecule has 8 heteroatoms. The lowest BCUT2D eigenvalue weighted by atomic mass is 10.2. The minimum atomic E-state index is -3.69. The summed E-state index contributed by atoms with van der Waals surface area (Å²) in [6, 6.07) is 3.32. The number of nitrogens with one attached hydrogen (secondary N) is 1. The molecule has 0 saturated carbocycles. The molecule has 0 saturated heterocycles. The number of benzene rings is 1. The lowest BCUT2D eigenvalue weighted by molar-refractivity contribution is 0.0697. The molecule has 1 aromatic rings. The fourth-order valence-electron chi connectivity index (χ4n) is 1.45. The zero-order valence-corrected chi connectivity index (χ0v) is 12.8. The molecule has 5 nitrogen and oxygen atoms in total. The van der Waals surface area contributed by atoms with Crippen molar-refractivity contribution in [3.63, 3.8) is 0 Å². The second-order valence-corrected chi connectivity index (χ2v) is 6.96. The summed E-state index contributed by atoms with van der Waals surface area (Å²) < 4.78 is 26.5. The first-order valence-corrected chi connectivity index (χ1v) is 8.57. The fraction of sp³-hybridized carbons (Fsp3) is 0.364. The highest BCUT2D eigenvalue weighted by atomic mass is 35.5. The van der Waals surface area contributed by atoms with E-state index >= 15 is 0 Å². The summed E-state index contributed by atoms with van der Waals surface area (Å²) in [5.41, 5.74) is -0.127. The molecule has 1 atom stereocenters. The van der Waals surface area contributed by atoms with Gasteiger partial charge in [-0.1, -0.05) is 11.6 Å². The Bertz CT molecular complexity index is 574. The van der Waals surface area contributed by atoms with E-state index in [0.717, 1.165) is 6.07 Å². The molecule has 0 aliphatic heterocycles. The molecule has 0 bridgehead atoms. The van der Waals surface area contributed by atoms with E-state index in [1.807, 2.05) is 6.26 Å². The number of rotatable bonds is 6. The molecule has 0 spiro atoms. The summed E-state index contributed by atoms with van der Waals surface area (Å²) in [6.07, 6.45) is 1.88. The van der Waals surface area contributed by atoms with Crippen molar-refractivity contribution in [1.82, 2.24) is 4.72 Å². The van der Waals surface area contributed by atoms with Gasteiger partial charge in [-0.15, -0.1) is 0 Å². The summed E-state index contributed by atoms with van der Waals surface area (Å²) in [5.74, 6) is -0.558. The van der Waals surface area contributed by atoms with Gasteiger partial charge in [-0.3, -0.25) is 0 Å². The van der Waals surface area contributed by atoms with Crippen molar-refractivity contribution in [2.45, 2.75) is 17.9 Å². The van der Waals surface area contributed by atoms with Gasteiger partial charge < -0.3 is 5.11 Å². The van der Waals surface area contributed by atoms with Crippen LogP contribution in [0.3, 0.4) is 0 Å². The maximum Gasteiger partial charge on any atom is 0.337 e. The van der Waals surface area contributed by atoms with Gasteiger partial charge in [0.25, 0.3) is 0 Å². The van der Waals surface area contributed by atoms with Crippen molar-refractivity contribution in [2.24, 2.45) is 0 Å².